The number of nitrogens with zero attached hydrogens (tertiary/aromatic N) is 4. The zero-order valence-corrected chi connectivity index (χ0v) is 19.7. The first-order chi connectivity index (χ1) is 17.3. The smallest absolute Gasteiger partial charge is 0.259 e. The summed E-state index contributed by atoms with van der Waals surface area (Å²) >= 11 is 0. The van der Waals surface area contributed by atoms with Gasteiger partial charge in [0.15, 0.2) is 0 Å². The summed E-state index contributed by atoms with van der Waals surface area (Å²) in [6.45, 7) is 6.11. The van der Waals surface area contributed by atoms with E-state index in [9.17, 15) is 4.79 Å². The number of nitrogens with one attached hydrogen (secondary N) is 2. The Labute approximate surface area is 204 Å². The number of anilines is 2. The highest BCUT2D eigenvalue weighted by Gasteiger charge is 2.14. The van der Waals surface area contributed by atoms with E-state index in [4.69, 9.17) is 4.74 Å². The van der Waals surface area contributed by atoms with Crippen molar-refractivity contribution in [1.29, 1.82) is 0 Å². The summed E-state index contributed by atoms with van der Waals surface area (Å²) in [5.41, 5.74) is 3.57. The van der Waals surface area contributed by atoms with Gasteiger partial charge in [0, 0.05) is 63.2 Å². The summed E-state index contributed by atoms with van der Waals surface area (Å²) in [6.07, 6.45) is 8.19. The van der Waals surface area contributed by atoms with Crippen LogP contribution in [-0.2, 0) is 17.7 Å². The first kappa shape index (κ1) is 23.0. The van der Waals surface area contributed by atoms with Crippen molar-refractivity contribution in [3.8, 4) is 0 Å². The summed E-state index contributed by atoms with van der Waals surface area (Å²) in [6, 6.07) is 15.7. The van der Waals surface area contributed by atoms with Gasteiger partial charge >= 0.3 is 0 Å². The van der Waals surface area contributed by atoms with Gasteiger partial charge in [0.05, 0.1) is 24.3 Å². The fourth-order valence-corrected chi connectivity index (χ4v) is 4.33. The molecule has 0 bridgehead atoms. The summed E-state index contributed by atoms with van der Waals surface area (Å²) in [7, 11) is 0. The topological polar surface area (TPSA) is 84.3 Å². The highest BCUT2D eigenvalue weighted by atomic mass is 16.5. The maximum absolute atomic E-state index is 13.1. The van der Waals surface area contributed by atoms with Gasteiger partial charge in [-0.2, -0.15) is 0 Å². The second kappa shape index (κ2) is 11.1. The molecule has 4 aromatic rings. The number of rotatable bonds is 9. The number of hydrogen-bond acceptors (Lipinski definition) is 6. The molecule has 0 aliphatic carbocycles. The van der Waals surface area contributed by atoms with Gasteiger partial charge in [-0.15, -0.1) is 0 Å². The Morgan fingerprint density at radius 3 is 2.71 bits per heavy atom. The molecule has 1 aromatic carbocycles. The Bertz CT molecular complexity index is 1270. The van der Waals surface area contributed by atoms with E-state index in [1.54, 1.807) is 30.7 Å². The van der Waals surface area contributed by atoms with E-state index < -0.39 is 0 Å². The highest BCUT2D eigenvalue weighted by Crippen LogP contribution is 2.22. The van der Waals surface area contributed by atoms with Gasteiger partial charge < -0.3 is 19.9 Å². The molecule has 1 amide bonds. The molecule has 1 aliphatic heterocycles. The molecule has 1 saturated heterocycles. The van der Waals surface area contributed by atoms with Crippen molar-refractivity contribution >= 4 is 28.3 Å². The Balaban J connectivity index is 1.24. The lowest BCUT2D eigenvalue weighted by Crippen LogP contribution is -2.38. The number of hydrogen-bond donors (Lipinski definition) is 2. The number of ether oxygens (including phenoxy) is 1. The van der Waals surface area contributed by atoms with Crippen LogP contribution in [0.4, 0.5) is 11.5 Å². The Morgan fingerprint density at radius 1 is 1.00 bits per heavy atom. The van der Waals surface area contributed by atoms with Crippen LogP contribution < -0.4 is 10.6 Å². The van der Waals surface area contributed by atoms with E-state index in [0.717, 1.165) is 62.4 Å². The molecule has 35 heavy (non-hydrogen) atoms. The van der Waals surface area contributed by atoms with E-state index in [0.29, 0.717) is 17.9 Å². The van der Waals surface area contributed by atoms with Gasteiger partial charge in [-0.25, -0.2) is 4.98 Å². The SMILES string of the molecule is O=C(Nc1ccc2ccn(CCN3CCOCC3)c2c1)c1cccnc1NCCc1ccncc1. The van der Waals surface area contributed by atoms with Gasteiger partial charge in [-0.05, 0) is 59.8 Å². The van der Waals surface area contributed by atoms with E-state index in [2.05, 4.69) is 42.3 Å². The van der Waals surface area contributed by atoms with Crippen molar-refractivity contribution in [1.82, 2.24) is 19.4 Å². The molecule has 180 valence electrons. The summed E-state index contributed by atoms with van der Waals surface area (Å²) in [5.74, 6) is 0.393. The van der Waals surface area contributed by atoms with Crippen molar-refractivity contribution in [2.45, 2.75) is 13.0 Å². The van der Waals surface area contributed by atoms with Crippen LogP contribution >= 0.6 is 0 Å². The number of benzene rings is 1. The van der Waals surface area contributed by atoms with Crippen LogP contribution in [0, 0.1) is 0 Å². The monoisotopic (exact) mass is 470 g/mol. The van der Waals surface area contributed by atoms with Crippen molar-refractivity contribution in [2.75, 3.05) is 50.0 Å². The van der Waals surface area contributed by atoms with E-state index in [1.807, 2.05) is 30.3 Å². The number of fused-ring (bicyclic) bond motifs is 1. The normalized spacial score (nSPS) is 14.2. The molecule has 1 aliphatic rings. The standard InChI is InChI=1S/C27H30N6O2/c34-27(24-2-1-9-29-26(24)30-12-7-21-5-10-28-11-6-21)31-23-4-3-22-8-13-33(25(22)20-23)15-14-32-16-18-35-19-17-32/h1-6,8-11,13,20H,7,12,14-19H2,(H,29,30)(H,31,34). The lowest BCUT2D eigenvalue weighted by Gasteiger charge is -2.26. The van der Waals surface area contributed by atoms with E-state index in [-0.39, 0.29) is 5.91 Å². The quantitative estimate of drug-likeness (QED) is 0.388. The van der Waals surface area contributed by atoms with Crippen LogP contribution in [0.1, 0.15) is 15.9 Å². The molecule has 0 saturated carbocycles. The molecule has 0 radical (unpaired) electrons. The highest BCUT2D eigenvalue weighted by molar-refractivity contribution is 6.08. The van der Waals surface area contributed by atoms with Crippen molar-refractivity contribution < 1.29 is 9.53 Å². The Hall–Kier alpha value is -3.75. The van der Waals surface area contributed by atoms with Gasteiger partial charge in [-0.3, -0.25) is 14.7 Å². The maximum atomic E-state index is 13.1. The fraction of sp³-hybridized carbons (Fsp3) is 0.296. The van der Waals surface area contributed by atoms with Gasteiger partial charge in [-0.1, -0.05) is 6.07 Å². The zero-order valence-electron chi connectivity index (χ0n) is 19.7. The number of aromatic nitrogens is 3. The zero-order chi connectivity index (χ0) is 23.9. The van der Waals surface area contributed by atoms with Crippen LogP contribution in [0.15, 0.2) is 73.3 Å². The molecule has 5 rings (SSSR count). The first-order valence-electron chi connectivity index (χ1n) is 12.0. The number of carbonyl (C=O) groups is 1. The minimum Gasteiger partial charge on any atom is -0.379 e. The lowest BCUT2D eigenvalue weighted by molar-refractivity contribution is 0.0365. The predicted molar refractivity (Wildman–Crippen MR) is 138 cm³/mol. The molecule has 0 atom stereocenters. The number of amides is 1. The first-order valence-corrected chi connectivity index (χ1v) is 12.0. The van der Waals surface area contributed by atoms with Crippen molar-refractivity contribution in [3.05, 3.63) is 84.4 Å². The van der Waals surface area contributed by atoms with Gasteiger partial charge in [0.2, 0.25) is 0 Å². The molecule has 4 heterocycles. The molecule has 1 fully saturated rings. The van der Waals surface area contributed by atoms with Crippen LogP contribution in [0.3, 0.4) is 0 Å². The van der Waals surface area contributed by atoms with Crippen molar-refractivity contribution in [3.63, 3.8) is 0 Å². The molecule has 3 aromatic heterocycles. The van der Waals surface area contributed by atoms with Crippen LogP contribution in [0.5, 0.6) is 0 Å². The molecule has 8 nitrogen and oxygen atoms in total. The Kier molecular flexibility index (Phi) is 7.31. The summed E-state index contributed by atoms with van der Waals surface area (Å²) in [5, 5.41) is 7.51. The third-order valence-corrected chi connectivity index (χ3v) is 6.30. The third kappa shape index (κ3) is 5.85. The predicted octanol–water partition coefficient (Wildman–Crippen LogP) is 3.67. The Morgan fingerprint density at radius 2 is 1.86 bits per heavy atom. The molecule has 2 N–H and O–H groups in total. The molecule has 0 unspecified atom stereocenters. The average Bonchev–Trinajstić information content (AvgIpc) is 3.31. The maximum Gasteiger partial charge on any atom is 0.259 e. The summed E-state index contributed by atoms with van der Waals surface area (Å²) in [4.78, 5) is 24.0. The van der Waals surface area contributed by atoms with Crippen LogP contribution in [0.2, 0.25) is 0 Å². The van der Waals surface area contributed by atoms with Crippen molar-refractivity contribution in [2.24, 2.45) is 0 Å². The minimum absolute atomic E-state index is 0.185. The van der Waals surface area contributed by atoms with E-state index >= 15 is 0 Å². The number of carbonyl (C=O) groups excluding carboxylic acids is 1. The molecule has 8 heteroatoms. The summed E-state index contributed by atoms with van der Waals surface area (Å²) < 4.78 is 7.69. The number of morpholine rings is 1. The molecular weight excluding hydrogens is 440 g/mol. The lowest BCUT2D eigenvalue weighted by atomic mass is 10.2. The van der Waals surface area contributed by atoms with E-state index in [1.165, 1.54) is 5.56 Å². The van der Waals surface area contributed by atoms with Crippen LogP contribution in [-0.4, -0.2) is 64.7 Å². The second-order valence-electron chi connectivity index (χ2n) is 8.62. The number of pyridine rings is 2. The molecular formula is C27H30N6O2. The minimum atomic E-state index is -0.185. The second-order valence-corrected chi connectivity index (χ2v) is 8.62. The van der Waals surface area contributed by atoms with Crippen LogP contribution in [0.25, 0.3) is 10.9 Å². The average molecular weight is 471 g/mol. The van der Waals surface area contributed by atoms with Gasteiger partial charge in [0.25, 0.3) is 5.91 Å². The fourth-order valence-electron chi connectivity index (χ4n) is 4.33. The largest absolute Gasteiger partial charge is 0.379 e. The van der Waals surface area contributed by atoms with Gasteiger partial charge in [0.1, 0.15) is 5.82 Å². The third-order valence-electron chi connectivity index (χ3n) is 6.30. The molecule has 0 spiro atoms.